The Morgan fingerprint density at radius 3 is 2.93 bits per heavy atom. The molecule has 1 rings (SSSR count). The van der Waals surface area contributed by atoms with E-state index >= 15 is 0 Å². The first-order valence-electron chi connectivity index (χ1n) is 4.13. The van der Waals surface area contributed by atoms with Crippen LogP contribution in [0, 0.1) is 5.82 Å². The van der Waals surface area contributed by atoms with Crippen LogP contribution in [0.3, 0.4) is 0 Å². The van der Waals surface area contributed by atoms with E-state index in [2.05, 4.69) is 9.72 Å². The minimum atomic E-state index is -0.575. The highest BCUT2D eigenvalue weighted by molar-refractivity contribution is 6.30. The molecule has 1 aromatic heterocycles. The van der Waals surface area contributed by atoms with E-state index in [1.807, 2.05) is 0 Å². The van der Waals surface area contributed by atoms with Gasteiger partial charge in [-0.25, -0.2) is 9.37 Å². The van der Waals surface area contributed by atoms with Gasteiger partial charge in [0, 0.05) is 13.2 Å². The number of ether oxygens (including phenoxy) is 1. The van der Waals surface area contributed by atoms with E-state index in [9.17, 15) is 9.18 Å². The SMILES string of the molecule is COC(=O)CN(C)c1ncc(Cl)cc1F. The van der Waals surface area contributed by atoms with E-state index < -0.39 is 11.8 Å². The van der Waals surface area contributed by atoms with Crippen molar-refractivity contribution < 1.29 is 13.9 Å². The maximum atomic E-state index is 13.3. The molecule has 0 aliphatic carbocycles. The topological polar surface area (TPSA) is 42.4 Å². The summed E-state index contributed by atoms with van der Waals surface area (Å²) in [6.07, 6.45) is 1.31. The molecule has 15 heavy (non-hydrogen) atoms. The van der Waals surface area contributed by atoms with Gasteiger partial charge < -0.3 is 9.64 Å². The highest BCUT2D eigenvalue weighted by Crippen LogP contribution is 2.18. The fraction of sp³-hybridized carbons (Fsp3) is 0.333. The summed E-state index contributed by atoms with van der Waals surface area (Å²) in [7, 11) is 2.80. The van der Waals surface area contributed by atoms with Gasteiger partial charge in [0.2, 0.25) is 0 Å². The monoisotopic (exact) mass is 232 g/mol. The molecule has 0 atom stereocenters. The van der Waals surface area contributed by atoms with Crippen molar-refractivity contribution in [2.24, 2.45) is 0 Å². The standard InChI is InChI=1S/C9H10ClFN2O2/c1-13(5-8(14)15-2)9-7(11)3-6(10)4-12-9/h3-4H,5H2,1-2H3. The Hall–Kier alpha value is -1.36. The van der Waals surface area contributed by atoms with Crippen LogP contribution < -0.4 is 4.90 Å². The van der Waals surface area contributed by atoms with Crippen LogP contribution >= 0.6 is 11.6 Å². The third kappa shape index (κ3) is 3.06. The molecule has 0 spiro atoms. The van der Waals surface area contributed by atoms with Crippen molar-refractivity contribution in [1.82, 2.24) is 4.98 Å². The van der Waals surface area contributed by atoms with Crippen LogP contribution in [0.15, 0.2) is 12.3 Å². The summed E-state index contributed by atoms with van der Waals surface area (Å²) in [5.41, 5.74) is 0. The zero-order chi connectivity index (χ0) is 11.4. The molecule has 0 N–H and O–H groups in total. The molecular weight excluding hydrogens is 223 g/mol. The van der Waals surface area contributed by atoms with Crippen molar-refractivity contribution in [2.75, 3.05) is 25.6 Å². The van der Waals surface area contributed by atoms with Gasteiger partial charge >= 0.3 is 5.97 Å². The van der Waals surface area contributed by atoms with Gasteiger partial charge in [0.1, 0.15) is 6.54 Å². The maximum Gasteiger partial charge on any atom is 0.325 e. The smallest absolute Gasteiger partial charge is 0.325 e. The Morgan fingerprint density at radius 2 is 2.40 bits per heavy atom. The summed E-state index contributed by atoms with van der Waals surface area (Å²) in [6.45, 7) is -0.0674. The molecule has 0 saturated carbocycles. The van der Waals surface area contributed by atoms with Gasteiger partial charge in [-0.3, -0.25) is 4.79 Å². The molecular formula is C9H10ClFN2O2. The minimum Gasteiger partial charge on any atom is -0.468 e. The number of carbonyl (C=O) groups is 1. The van der Waals surface area contributed by atoms with E-state index in [4.69, 9.17) is 11.6 Å². The van der Waals surface area contributed by atoms with Gasteiger partial charge in [0.25, 0.3) is 0 Å². The molecule has 0 saturated heterocycles. The lowest BCUT2D eigenvalue weighted by molar-refractivity contribution is -0.138. The largest absolute Gasteiger partial charge is 0.468 e. The first-order chi connectivity index (χ1) is 7.04. The summed E-state index contributed by atoms with van der Waals surface area (Å²) < 4.78 is 17.8. The third-order valence-corrected chi connectivity index (χ3v) is 1.95. The second-order valence-electron chi connectivity index (χ2n) is 2.89. The molecule has 0 aromatic carbocycles. The Morgan fingerprint density at radius 1 is 1.73 bits per heavy atom. The van der Waals surface area contributed by atoms with Gasteiger partial charge in [-0.05, 0) is 6.07 Å². The Kier molecular flexibility index (Phi) is 3.85. The molecule has 0 aliphatic heterocycles. The van der Waals surface area contributed by atoms with Crippen molar-refractivity contribution in [3.63, 3.8) is 0 Å². The number of hydrogen-bond acceptors (Lipinski definition) is 4. The van der Waals surface area contributed by atoms with Crippen LogP contribution in [0.5, 0.6) is 0 Å². The van der Waals surface area contributed by atoms with Gasteiger partial charge in [-0.15, -0.1) is 0 Å². The normalized spacial score (nSPS) is 9.87. The van der Waals surface area contributed by atoms with Crippen LogP contribution in [0.4, 0.5) is 10.2 Å². The summed E-state index contributed by atoms with van der Waals surface area (Å²) >= 11 is 5.54. The molecule has 82 valence electrons. The van der Waals surface area contributed by atoms with Crippen molar-refractivity contribution in [3.05, 3.63) is 23.1 Å². The van der Waals surface area contributed by atoms with Crippen molar-refractivity contribution in [2.45, 2.75) is 0 Å². The third-order valence-electron chi connectivity index (χ3n) is 1.74. The lowest BCUT2D eigenvalue weighted by Gasteiger charge is -2.16. The molecule has 0 radical (unpaired) electrons. The average Bonchev–Trinajstić information content (AvgIpc) is 2.17. The number of pyridine rings is 1. The fourth-order valence-corrected chi connectivity index (χ4v) is 1.17. The highest BCUT2D eigenvalue weighted by atomic mass is 35.5. The first-order valence-corrected chi connectivity index (χ1v) is 4.51. The molecule has 0 unspecified atom stereocenters. The summed E-state index contributed by atoms with van der Waals surface area (Å²) in [6, 6.07) is 1.14. The molecule has 1 aromatic rings. The number of esters is 1. The lowest BCUT2D eigenvalue weighted by atomic mass is 10.4. The summed E-state index contributed by atoms with van der Waals surface area (Å²) in [4.78, 5) is 16.1. The Labute approximate surface area is 91.6 Å². The van der Waals surface area contributed by atoms with E-state index in [1.165, 1.54) is 25.3 Å². The number of likely N-dealkylation sites (N-methyl/N-ethyl adjacent to an activating group) is 1. The van der Waals surface area contributed by atoms with Crippen LogP contribution in [0.2, 0.25) is 5.02 Å². The Balaban J connectivity index is 2.82. The summed E-state index contributed by atoms with van der Waals surface area (Å²) in [5.74, 6) is -0.979. The second kappa shape index (κ2) is 4.93. The zero-order valence-electron chi connectivity index (χ0n) is 8.33. The molecule has 0 amide bonds. The number of methoxy groups -OCH3 is 1. The first kappa shape index (κ1) is 11.7. The van der Waals surface area contributed by atoms with E-state index in [1.54, 1.807) is 0 Å². The number of anilines is 1. The summed E-state index contributed by atoms with van der Waals surface area (Å²) in [5, 5.41) is 0.211. The van der Waals surface area contributed by atoms with E-state index in [0.29, 0.717) is 0 Å². The maximum absolute atomic E-state index is 13.3. The van der Waals surface area contributed by atoms with Gasteiger partial charge in [-0.1, -0.05) is 11.6 Å². The lowest BCUT2D eigenvalue weighted by Crippen LogP contribution is -2.27. The number of hydrogen-bond donors (Lipinski definition) is 0. The van der Waals surface area contributed by atoms with E-state index in [0.717, 1.165) is 6.07 Å². The van der Waals surface area contributed by atoms with Gasteiger partial charge in [0.05, 0.1) is 12.1 Å². The highest BCUT2D eigenvalue weighted by Gasteiger charge is 2.13. The molecule has 4 nitrogen and oxygen atoms in total. The second-order valence-corrected chi connectivity index (χ2v) is 3.33. The van der Waals surface area contributed by atoms with Crippen molar-refractivity contribution in [1.29, 1.82) is 0 Å². The number of aromatic nitrogens is 1. The van der Waals surface area contributed by atoms with Gasteiger partial charge in [-0.2, -0.15) is 0 Å². The molecule has 1 heterocycles. The minimum absolute atomic E-state index is 0.0600. The number of nitrogens with zero attached hydrogens (tertiary/aromatic N) is 2. The van der Waals surface area contributed by atoms with Crippen LogP contribution in [0.1, 0.15) is 0 Å². The predicted molar refractivity (Wildman–Crippen MR) is 54.5 cm³/mol. The molecule has 0 aliphatic rings. The van der Waals surface area contributed by atoms with Crippen LogP contribution in [-0.4, -0.2) is 31.7 Å². The molecule has 6 heteroatoms. The van der Waals surface area contributed by atoms with Crippen molar-refractivity contribution >= 4 is 23.4 Å². The quantitative estimate of drug-likeness (QED) is 0.741. The average molecular weight is 233 g/mol. The van der Waals surface area contributed by atoms with Crippen LogP contribution in [0.25, 0.3) is 0 Å². The van der Waals surface area contributed by atoms with E-state index in [-0.39, 0.29) is 17.4 Å². The number of carbonyl (C=O) groups excluding carboxylic acids is 1. The van der Waals surface area contributed by atoms with Crippen LogP contribution in [-0.2, 0) is 9.53 Å². The van der Waals surface area contributed by atoms with Crippen molar-refractivity contribution in [3.8, 4) is 0 Å². The number of halogens is 2. The zero-order valence-corrected chi connectivity index (χ0v) is 9.08. The Bertz CT molecular complexity index is 373. The molecule has 0 fully saturated rings. The predicted octanol–water partition coefficient (Wildman–Crippen LogP) is 1.48. The van der Waals surface area contributed by atoms with Gasteiger partial charge in [0.15, 0.2) is 11.6 Å². The number of rotatable bonds is 3. The fourth-order valence-electron chi connectivity index (χ4n) is 1.02. The molecule has 0 bridgehead atoms.